The Balaban J connectivity index is 1.81. The van der Waals surface area contributed by atoms with Gasteiger partial charge in [0.25, 0.3) is 10.2 Å². The van der Waals surface area contributed by atoms with Crippen molar-refractivity contribution in [2.24, 2.45) is 5.92 Å². The van der Waals surface area contributed by atoms with Gasteiger partial charge in [0.1, 0.15) is 5.82 Å². The fourth-order valence-corrected chi connectivity index (χ4v) is 4.09. The maximum atomic E-state index is 12.2. The Morgan fingerprint density at radius 3 is 3.00 bits per heavy atom. The first-order valence-electron chi connectivity index (χ1n) is 7.91. The van der Waals surface area contributed by atoms with Crippen LogP contribution in [0, 0.1) is 5.92 Å². The summed E-state index contributed by atoms with van der Waals surface area (Å²) in [7, 11) is -3.61. The molecule has 2 heterocycles. The van der Waals surface area contributed by atoms with E-state index in [2.05, 4.69) is 9.71 Å². The number of imidazole rings is 1. The molecule has 2 rings (SSSR count). The number of nitrogens with zero attached hydrogens (tertiary/aromatic N) is 3. The zero-order chi connectivity index (χ0) is 16.9. The topological polar surface area (TPSA) is 105 Å². The summed E-state index contributed by atoms with van der Waals surface area (Å²) in [6.45, 7) is 3.46. The van der Waals surface area contributed by atoms with Crippen LogP contribution in [-0.2, 0) is 28.0 Å². The van der Waals surface area contributed by atoms with Gasteiger partial charge in [-0.2, -0.15) is 12.7 Å². The van der Waals surface area contributed by atoms with E-state index in [1.54, 1.807) is 6.20 Å². The SMILES string of the molecule is CCc1nccn1CCCNS(=O)(=O)N1CCCC(C(=O)O)C1. The van der Waals surface area contributed by atoms with Crippen molar-refractivity contribution in [3.63, 3.8) is 0 Å². The lowest BCUT2D eigenvalue weighted by atomic mass is 10.0. The maximum absolute atomic E-state index is 12.2. The number of aryl methyl sites for hydroxylation is 2. The Kier molecular flexibility index (Phi) is 6.14. The van der Waals surface area contributed by atoms with E-state index in [4.69, 9.17) is 5.11 Å². The number of rotatable bonds is 8. The third kappa shape index (κ3) is 4.76. The van der Waals surface area contributed by atoms with Crippen molar-refractivity contribution >= 4 is 16.2 Å². The molecule has 1 aromatic heterocycles. The quantitative estimate of drug-likeness (QED) is 0.667. The van der Waals surface area contributed by atoms with E-state index in [-0.39, 0.29) is 6.54 Å². The van der Waals surface area contributed by atoms with Crippen LogP contribution in [0.3, 0.4) is 0 Å². The predicted octanol–water partition coefficient (Wildman–Crippen LogP) is 0.467. The lowest BCUT2D eigenvalue weighted by molar-refractivity contribution is -0.142. The monoisotopic (exact) mass is 344 g/mol. The summed E-state index contributed by atoms with van der Waals surface area (Å²) >= 11 is 0. The number of carboxylic acids is 1. The summed E-state index contributed by atoms with van der Waals surface area (Å²) in [5.41, 5.74) is 0. The summed E-state index contributed by atoms with van der Waals surface area (Å²) in [4.78, 5) is 15.2. The molecular weight excluding hydrogens is 320 g/mol. The van der Waals surface area contributed by atoms with E-state index in [0.29, 0.717) is 38.9 Å². The van der Waals surface area contributed by atoms with Gasteiger partial charge < -0.3 is 9.67 Å². The van der Waals surface area contributed by atoms with Crippen LogP contribution in [0.25, 0.3) is 0 Å². The molecule has 0 amide bonds. The van der Waals surface area contributed by atoms with Crippen LogP contribution in [0.1, 0.15) is 32.0 Å². The lowest BCUT2D eigenvalue weighted by Crippen LogP contribution is -2.47. The molecule has 1 atom stereocenters. The molecule has 0 bridgehead atoms. The first-order valence-corrected chi connectivity index (χ1v) is 9.35. The average Bonchev–Trinajstić information content (AvgIpc) is 2.99. The van der Waals surface area contributed by atoms with Gasteiger partial charge >= 0.3 is 5.97 Å². The van der Waals surface area contributed by atoms with Gasteiger partial charge in [0.15, 0.2) is 0 Å². The van der Waals surface area contributed by atoms with Crippen LogP contribution >= 0.6 is 0 Å². The first kappa shape index (κ1) is 17.9. The number of hydrogen-bond donors (Lipinski definition) is 2. The molecule has 0 spiro atoms. The maximum Gasteiger partial charge on any atom is 0.307 e. The summed E-state index contributed by atoms with van der Waals surface area (Å²) in [6, 6.07) is 0. The van der Waals surface area contributed by atoms with Crippen LogP contribution < -0.4 is 4.72 Å². The molecule has 0 radical (unpaired) electrons. The molecule has 1 unspecified atom stereocenters. The van der Waals surface area contributed by atoms with Crippen molar-refractivity contribution in [1.29, 1.82) is 0 Å². The number of carbonyl (C=O) groups is 1. The summed E-state index contributed by atoms with van der Waals surface area (Å²) in [6.07, 6.45) is 6.22. The van der Waals surface area contributed by atoms with Crippen LogP contribution in [0.4, 0.5) is 0 Å². The van der Waals surface area contributed by atoms with Crippen LogP contribution in [0.15, 0.2) is 12.4 Å². The van der Waals surface area contributed by atoms with E-state index in [9.17, 15) is 13.2 Å². The first-order chi connectivity index (χ1) is 10.9. The molecule has 1 fully saturated rings. The molecule has 0 aromatic carbocycles. The zero-order valence-corrected chi connectivity index (χ0v) is 14.1. The highest BCUT2D eigenvalue weighted by molar-refractivity contribution is 7.87. The summed E-state index contributed by atoms with van der Waals surface area (Å²) < 4.78 is 30.3. The molecule has 23 heavy (non-hydrogen) atoms. The number of carboxylic acid groups (broad SMARTS) is 1. The van der Waals surface area contributed by atoms with Crippen molar-refractivity contribution < 1.29 is 18.3 Å². The van der Waals surface area contributed by atoms with Gasteiger partial charge in [0.05, 0.1) is 5.92 Å². The van der Waals surface area contributed by atoms with E-state index in [1.807, 2.05) is 17.7 Å². The second-order valence-electron chi connectivity index (χ2n) is 5.68. The normalized spacial score (nSPS) is 19.8. The Morgan fingerprint density at radius 2 is 2.30 bits per heavy atom. The van der Waals surface area contributed by atoms with Gasteiger partial charge in [-0.25, -0.2) is 9.71 Å². The molecule has 0 aliphatic carbocycles. The van der Waals surface area contributed by atoms with Crippen molar-refractivity contribution in [3.8, 4) is 0 Å². The van der Waals surface area contributed by atoms with Crippen molar-refractivity contribution in [2.45, 2.75) is 39.2 Å². The predicted molar refractivity (Wildman–Crippen MR) is 85.1 cm³/mol. The minimum atomic E-state index is -3.61. The molecule has 2 N–H and O–H groups in total. The zero-order valence-electron chi connectivity index (χ0n) is 13.3. The second kappa shape index (κ2) is 7.89. The van der Waals surface area contributed by atoms with Gasteiger partial charge in [0.2, 0.25) is 0 Å². The molecule has 1 saturated heterocycles. The Bertz CT molecular complexity index is 628. The number of hydrogen-bond acceptors (Lipinski definition) is 4. The smallest absolute Gasteiger partial charge is 0.307 e. The van der Waals surface area contributed by atoms with Crippen LogP contribution in [0.5, 0.6) is 0 Å². The molecular formula is C14H24N4O4S. The van der Waals surface area contributed by atoms with Crippen molar-refractivity contribution in [1.82, 2.24) is 18.6 Å². The van der Waals surface area contributed by atoms with Crippen LogP contribution in [0.2, 0.25) is 0 Å². The van der Waals surface area contributed by atoms with Crippen LogP contribution in [-0.4, -0.2) is 53.0 Å². The number of aromatic nitrogens is 2. The molecule has 1 aliphatic heterocycles. The van der Waals surface area contributed by atoms with Crippen molar-refractivity contribution in [3.05, 3.63) is 18.2 Å². The molecule has 130 valence electrons. The highest BCUT2D eigenvalue weighted by atomic mass is 32.2. The standard InChI is InChI=1S/C14H24N4O4S/c1-2-13-15-7-10-17(13)8-4-6-16-23(21,22)18-9-3-5-12(11-18)14(19)20/h7,10,12,16H,2-6,8-9,11H2,1H3,(H,19,20). The molecule has 1 aromatic rings. The van der Waals surface area contributed by atoms with Gasteiger partial charge in [0, 0.05) is 45.0 Å². The highest BCUT2D eigenvalue weighted by Gasteiger charge is 2.31. The molecule has 1 aliphatic rings. The fraction of sp³-hybridized carbons (Fsp3) is 0.714. The lowest BCUT2D eigenvalue weighted by Gasteiger charge is -2.29. The summed E-state index contributed by atoms with van der Waals surface area (Å²) in [5, 5.41) is 9.04. The van der Waals surface area contributed by atoms with E-state index in [0.717, 1.165) is 12.2 Å². The van der Waals surface area contributed by atoms with Crippen molar-refractivity contribution in [2.75, 3.05) is 19.6 Å². The molecule has 9 heteroatoms. The number of piperidine rings is 1. The Labute approximate surface area is 136 Å². The Morgan fingerprint density at radius 1 is 1.52 bits per heavy atom. The largest absolute Gasteiger partial charge is 0.481 e. The number of aliphatic carboxylic acids is 1. The fourth-order valence-electron chi connectivity index (χ4n) is 2.76. The number of nitrogens with one attached hydrogen (secondary N) is 1. The van der Waals surface area contributed by atoms with Gasteiger partial charge in [-0.3, -0.25) is 4.79 Å². The average molecular weight is 344 g/mol. The third-order valence-electron chi connectivity index (χ3n) is 4.05. The highest BCUT2D eigenvalue weighted by Crippen LogP contribution is 2.18. The van der Waals surface area contributed by atoms with E-state index in [1.165, 1.54) is 4.31 Å². The van der Waals surface area contributed by atoms with E-state index < -0.39 is 22.1 Å². The van der Waals surface area contributed by atoms with Gasteiger partial charge in [-0.05, 0) is 19.3 Å². The third-order valence-corrected chi connectivity index (χ3v) is 5.63. The molecule has 8 nitrogen and oxygen atoms in total. The van der Waals surface area contributed by atoms with E-state index >= 15 is 0 Å². The van der Waals surface area contributed by atoms with Gasteiger partial charge in [-0.15, -0.1) is 0 Å². The second-order valence-corrected chi connectivity index (χ2v) is 7.43. The Hall–Kier alpha value is -1.45. The minimum absolute atomic E-state index is 0.0478. The minimum Gasteiger partial charge on any atom is -0.481 e. The van der Waals surface area contributed by atoms with Gasteiger partial charge in [-0.1, -0.05) is 6.92 Å². The molecule has 0 saturated carbocycles. The summed E-state index contributed by atoms with van der Waals surface area (Å²) in [5.74, 6) is -0.566.